The van der Waals surface area contributed by atoms with E-state index in [0.717, 1.165) is 38.9 Å². The lowest BCUT2D eigenvalue weighted by molar-refractivity contribution is -0.115. The molecule has 0 aliphatic carbocycles. The molecular weight excluding hydrogens is 390 g/mol. The second-order valence-corrected chi connectivity index (χ2v) is 8.10. The van der Waals surface area contributed by atoms with Crippen LogP contribution in [0.2, 0.25) is 0 Å². The third-order valence-corrected chi connectivity index (χ3v) is 5.54. The van der Waals surface area contributed by atoms with Crippen LogP contribution >= 0.6 is 11.8 Å². The second kappa shape index (κ2) is 9.46. The molecule has 0 saturated carbocycles. The summed E-state index contributed by atoms with van der Waals surface area (Å²) in [5.41, 5.74) is 6.03. The van der Waals surface area contributed by atoms with Gasteiger partial charge in [0.1, 0.15) is 0 Å². The number of hydrogen-bond acceptors (Lipinski definition) is 3. The minimum Gasteiger partial charge on any atom is -0.332 e. The molecule has 1 aromatic heterocycles. The first-order chi connectivity index (χ1) is 14.7. The molecular formula is C25H23N3OS. The number of nitrogens with one attached hydrogen (secondary N) is 2. The molecule has 30 heavy (non-hydrogen) atoms. The Kier molecular flexibility index (Phi) is 6.30. The summed E-state index contributed by atoms with van der Waals surface area (Å²) in [5.74, 6) is 0.652. The molecule has 4 rings (SSSR count). The van der Waals surface area contributed by atoms with Crippen molar-refractivity contribution >= 4 is 23.4 Å². The molecule has 0 bridgehead atoms. The number of imidazole rings is 1. The van der Waals surface area contributed by atoms with E-state index in [4.69, 9.17) is 4.98 Å². The summed E-state index contributed by atoms with van der Waals surface area (Å²) < 4.78 is 0. The van der Waals surface area contributed by atoms with Gasteiger partial charge in [-0.15, -0.1) is 0 Å². The van der Waals surface area contributed by atoms with E-state index in [9.17, 15) is 4.79 Å². The molecule has 0 aliphatic heterocycles. The monoisotopic (exact) mass is 413 g/mol. The molecule has 0 saturated heterocycles. The number of carbonyl (C=O) groups is 1. The Hall–Kier alpha value is -3.31. The number of nitrogens with zero attached hydrogens (tertiary/aromatic N) is 1. The standard InChI is InChI=1S/C25H23N3OS/c1-18-9-8-14-21(17-18)26-22(29)15-16-30-25-27-23(19-10-4-2-5-11-19)24(28-25)20-12-6-3-7-13-20/h2-14,17H,15-16H2,1H3,(H,26,29)(H,27,28). The van der Waals surface area contributed by atoms with E-state index in [-0.39, 0.29) is 5.91 Å². The maximum absolute atomic E-state index is 12.3. The van der Waals surface area contributed by atoms with Crippen LogP contribution in [0.15, 0.2) is 90.1 Å². The molecule has 4 nitrogen and oxygen atoms in total. The first-order valence-corrected chi connectivity index (χ1v) is 10.9. The number of hydrogen-bond donors (Lipinski definition) is 2. The number of rotatable bonds is 7. The van der Waals surface area contributed by atoms with E-state index in [0.29, 0.717) is 12.2 Å². The smallest absolute Gasteiger partial charge is 0.225 e. The van der Waals surface area contributed by atoms with Crippen molar-refractivity contribution in [1.29, 1.82) is 0 Å². The van der Waals surface area contributed by atoms with Crippen molar-refractivity contribution in [3.05, 3.63) is 90.5 Å². The molecule has 0 radical (unpaired) electrons. The van der Waals surface area contributed by atoms with Crippen molar-refractivity contribution in [2.75, 3.05) is 11.1 Å². The number of amides is 1. The molecule has 1 amide bonds. The third kappa shape index (κ3) is 4.99. The molecule has 1 heterocycles. The van der Waals surface area contributed by atoms with Crippen LogP contribution in [0.1, 0.15) is 12.0 Å². The number of aryl methyl sites for hydroxylation is 1. The molecule has 0 aliphatic rings. The van der Waals surface area contributed by atoms with Gasteiger partial charge in [0.05, 0.1) is 11.4 Å². The first kappa shape index (κ1) is 20.0. The van der Waals surface area contributed by atoms with E-state index < -0.39 is 0 Å². The fourth-order valence-corrected chi connectivity index (χ4v) is 4.04. The molecule has 4 aromatic rings. The van der Waals surface area contributed by atoms with Crippen molar-refractivity contribution in [3.63, 3.8) is 0 Å². The minimum atomic E-state index is 0.00576. The SMILES string of the molecule is Cc1cccc(NC(=O)CCSc2nc(-c3ccccc3)c(-c3ccccc3)[nH]2)c1. The Balaban J connectivity index is 1.45. The van der Waals surface area contributed by atoms with Crippen LogP contribution < -0.4 is 5.32 Å². The van der Waals surface area contributed by atoms with Gasteiger partial charge in [-0.05, 0) is 24.6 Å². The number of carbonyl (C=O) groups excluding carboxylic acids is 1. The lowest BCUT2D eigenvalue weighted by Crippen LogP contribution is -2.12. The summed E-state index contributed by atoms with van der Waals surface area (Å²) in [6, 6.07) is 28.2. The van der Waals surface area contributed by atoms with Crippen LogP contribution in [0.5, 0.6) is 0 Å². The van der Waals surface area contributed by atoms with Gasteiger partial charge in [-0.1, -0.05) is 84.6 Å². The van der Waals surface area contributed by atoms with E-state index in [2.05, 4.69) is 34.6 Å². The van der Waals surface area contributed by atoms with Gasteiger partial charge in [0, 0.05) is 29.0 Å². The number of H-pyrrole nitrogens is 1. The Morgan fingerprint density at radius 1 is 0.933 bits per heavy atom. The molecule has 0 atom stereocenters. The molecule has 150 valence electrons. The number of benzene rings is 3. The zero-order valence-corrected chi connectivity index (χ0v) is 17.6. The Morgan fingerprint density at radius 3 is 2.33 bits per heavy atom. The molecule has 2 N–H and O–H groups in total. The summed E-state index contributed by atoms with van der Waals surface area (Å²) in [5, 5.41) is 3.77. The molecule has 0 spiro atoms. The van der Waals surface area contributed by atoms with Crippen LogP contribution in [0.25, 0.3) is 22.5 Å². The Morgan fingerprint density at radius 2 is 1.63 bits per heavy atom. The molecule has 0 unspecified atom stereocenters. The highest BCUT2D eigenvalue weighted by Crippen LogP contribution is 2.32. The predicted molar refractivity (Wildman–Crippen MR) is 125 cm³/mol. The van der Waals surface area contributed by atoms with Crippen molar-refractivity contribution in [1.82, 2.24) is 9.97 Å². The van der Waals surface area contributed by atoms with Gasteiger partial charge in [0.25, 0.3) is 0 Å². The fourth-order valence-electron chi connectivity index (χ4n) is 3.23. The highest BCUT2D eigenvalue weighted by molar-refractivity contribution is 7.99. The average Bonchev–Trinajstić information content (AvgIpc) is 3.19. The van der Waals surface area contributed by atoms with Gasteiger partial charge in [0.15, 0.2) is 5.16 Å². The van der Waals surface area contributed by atoms with E-state index >= 15 is 0 Å². The maximum atomic E-state index is 12.3. The zero-order chi connectivity index (χ0) is 20.8. The highest BCUT2D eigenvalue weighted by Gasteiger charge is 2.14. The van der Waals surface area contributed by atoms with Crippen molar-refractivity contribution in [2.45, 2.75) is 18.5 Å². The van der Waals surface area contributed by atoms with E-state index in [1.807, 2.05) is 67.6 Å². The molecule has 5 heteroatoms. The quantitative estimate of drug-likeness (QED) is 0.356. The van der Waals surface area contributed by atoms with Gasteiger partial charge >= 0.3 is 0 Å². The number of aromatic amines is 1. The lowest BCUT2D eigenvalue weighted by atomic mass is 10.1. The summed E-state index contributed by atoms with van der Waals surface area (Å²) in [4.78, 5) is 20.5. The van der Waals surface area contributed by atoms with Gasteiger partial charge in [0.2, 0.25) is 5.91 Å². The van der Waals surface area contributed by atoms with Gasteiger partial charge in [-0.25, -0.2) is 4.98 Å². The summed E-state index contributed by atoms with van der Waals surface area (Å²) in [6.07, 6.45) is 0.417. The van der Waals surface area contributed by atoms with Gasteiger partial charge < -0.3 is 10.3 Å². The Bertz CT molecular complexity index is 1070. The Labute approximate surface area is 180 Å². The topological polar surface area (TPSA) is 57.8 Å². The van der Waals surface area contributed by atoms with E-state index in [1.165, 1.54) is 0 Å². The van der Waals surface area contributed by atoms with Crippen molar-refractivity contribution in [3.8, 4) is 22.5 Å². The molecule has 0 fully saturated rings. The maximum Gasteiger partial charge on any atom is 0.225 e. The van der Waals surface area contributed by atoms with Gasteiger partial charge in [-0.3, -0.25) is 4.79 Å². The van der Waals surface area contributed by atoms with Crippen LogP contribution in [-0.2, 0) is 4.79 Å². The largest absolute Gasteiger partial charge is 0.332 e. The normalized spacial score (nSPS) is 10.7. The van der Waals surface area contributed by atoms with Crippen LogP contribution in [0, 0.1) is 6.92 Å². The second-order valence-electron chi connectivity index (χ2n) is 7.01. The predicted octanol–water partition coefficient (Wildman–Crippen LogP) is 6.17. The summed E-state index contributed by atoms with van der Waals surface area (Å²) >= 11 is 1.56. The first-order valence-electron chi connectivity index (χ1n) is 9.89. The molecule has 3 aromatic carbocycles. The fraction of sp³-hybridized carbons (Fsp3) is 0.120. The lowest BCUT2D eigenvalue weighted by Gasteiger charge is -2.05. The number of anilines is 1. The van der Waals surface area contributed by atoms with Crippen LogP contribution in [0.4, 0.5) is 5.69 Å². The van der Waals surface area contributed by atoms with Crippen LogP contribution in [-0.4, -0.2) is 21.6 Å². The highest BCUT2D eigenvalue weighted by atomic mass is 32.2. The third-order valence-electron chi connectivity index (χ3n) is 4.66. The average molecular weight is 414 g/mol. The summed E-state index contributed by atoms with van der Waals surface area (Å²) in [7, 11) is 0. The minimum absolute atomic E-state index is 0.00576. The van der Waals surface area contributed by atoms with Crippen molar-refractivity contribution in [2.24, 2.45) is 0 Å². The zero-order valence-electron chi connectivity index (χ0n) is 16.8. The summed E-state index contributed by atoms with van der Waals surface area (Å²) in [6.45, 7) is 2.01. The number of thioether (sulfide) groups is 1. The van der Waals surface area contributed by atoms with Crippen LogP contribution in [0.3, 0.4) is 0 Å². The number of aromatic nitrogens is 2. The van der Waals surface area contributed by atoms with E-state index in [1.54, 1.807) is 11.8 Å². The van der Waals surface area contributed by atoms with Gasteiger partial charge in [-0.2, -0.15) is 0 Å². The van der Waals surface area contributed by atoms with Crippen molar-refractivity contribution < 1.29 is 4.79 Å².